The molecule has 2 N–H and O–H groups in total. The average Bonchev–Trinajstić information content (AvgIpc) is 2.96. The van der Waals surface area contributed by atoms with Crippen LogP contribution in [0.1, 0.15) is 47.8 Å². The van der Waals surface area contributed by atoms with Gasteiger partial charge in [-0.15, -0.1) is 0 Å². The summed E-state index contributed by atoms with van der Waals surface area (Å²) < 4.78 is 30.0. The zero-order valence-corrected chi connectivity index (χ0v) is 17.3. The van der Waals surface area contributed by atoms with Crippen molar-refractivity contribution >= 4 is 34.4 Å². The highest BCUT2D eigenvalue weighted by atomic mass is 35.5. The summed E-state index contributed by atoms with van der Waals surface area (Å²) in [5.41, 5.74) is 0.381. The molecule has 5 nitrogen and oxygen atoms in total. The van der Waals surface area contributed by atoms with E-state index in [1.165, 1.54) is 25.1 Å². The van der Waals surface area contributed by atoms with Crippen molar-refractivity contribution in [1.82, 2.24) is 4.57 Å². The number of phenolic OH excluding ortho intramolecular Hbond substituents is 1. The number of carboxylic acids is 1. The van der Waals surface area contributed by atoms with Crippen LogP contribution in [0, 0.1) is 24.5 Å². The molecule has 0 aliphatic carbocycles. The Bertz CT molecular complexity index is 1170. The van der Waals surface area contributed by atoms with Gasteiger partial charge in [-0.3, -0.25) is 14.2 Å². The van der Waals surface area contributed by atoms with Gasteiger partial charge in [-0.05, 0) is 55.2 Å². The maximum Gasteiger partial charge on any atom is 0.311 e. The Kier molecular flexibility index (Phi) is 5.85. The second-order valence-corrected chi connectivity index (χ2v) is 7.99. The first-order valence-corrected chi connectivity index (χ1v) is 9.67. The molecular formula is C22H20ClF2NO4. The number of hydrogen-bond acceptors (Lipinski definition) is 3. The maximum absolute atomic E-state index is 15.0. The van der Waals surface area contributed by atoms with Crippen molar-refractivity contribution in [3.05, 3.63) is 63.8 Å². The predicted molar refractivity (Wildman–Crippen MR) is 109 cm³/mol. The quantitative estimate of drug-likeness (QED) is 0.555. The van der Waals surface area contributed by atoms with E-state index in [0.717, 1.165) is 16.7 Å². The highest BCUT2D eigenvalue weighted by Crippen LogP contribution is 2.39. The number of aromatic nitrogens is 1. The number of fused-ring (bicyclic) bond motifs is 1. The van der Waals surface area contributed by atoms with Crippen LogP contribution in [0.2, 0.25) is 5.02 Å². The number of halogens is 3. The number of carbonyl (C=O) groups is 2. The van der Waals surface area contributed by atoms with E-state index in [1.54, 1.807) is 0 Å². The third-order valence-electron chi connectivity index (χ3n) is 5.06. The van der Waals surface area contributed by atoms with Crippen LogP contribution in [-0.2, 0) is 4.79 Å². The predicted octanol–water partition coefficient (Wildman–Crippen LogP) is 5.49. The SMILES string of the molecule is Cc1c([C@H](CC(C)C)C(=O)O)c2c(F)c(O)ccc2n1C(=O)c1ccc(Cl)c(F)c1. The summed E-state index contributed by atoms with van der Waals surface area (Å²) in [5.74, 6) is -5.40. The van der Waals surface area contributed by atoms with Crippen LogP contribution in [0.25, 0.3) is 10.9 Å². The van der Waals surface area contributed by atoms with E-state index in [-0.39, 0.29) is 45.1 Å². The number of phenols is 1. The molecule has 0 aliphatic heterocycles. The van der Waals surface area contributed by atoms with Crippen molar-refractivity contribution in [2.24, 2.45) is 5.92 Å². The standard InChI is InChI=1S/C22H20ClF2NO4/c1-10(2)8-13(22(29)30)18-11(3)26(16-6-7-17(27)20(25)19(16)18)21(28)12-4-5-14(23)15(24)9-12/h4-7,9-10,13,27H,8H2,1-3H3,(H,29,30)/t13-/m0/s1. The van der Waals surface area contributed by atoms with Crippen LogP contribution < -0.4 is 0 Å². The zero-order chi connectivity index (χ0) is 22.3. The summed E-state index contributed by atoms with van der Waals surface area (Å²) in [6.07, 6.45) is 0.203. The van der Waals surface area contributed by atoms with E-state index in [1.807, 2.05) is 13.8 Å². The lowest BCUT2D eigenvalue weighted by atomic mass is 9.88. The summed E-state index contributed by atoms with van der Waals surface area (Å²) in [7, 11) is 0. The summed E-state index contributed by atoms with van der Waals surface area (Å²) in [6, 6.07) is 5.96. The van der Waals surface area contributed by atoms with Gasteiger partial charge in [0.2, 0.25) is 0 Å². The van der Waals surface area contributed by atoms with Gasteiger partial charge in [0.15, 0.2) is 11.6 Å². The second-order valence-electron chi connectivity index (χ2n) is 7.58. The van der Waals surface area contributed by atoms with Crippen LogP contribution in [0.15, 0.2) is 30.3 Å². The summed E-state index contributed by atoms with van der Waals surface area (Å²) in [4.78, 5) is 25.2. The fourth-order valence-corrected chi connectivity index (χ4v) is 3.86. The Morgan fingerprint density at radius 2 is 1.83 bits per heavy atom. The van der Waals surface area contributed by atoms with Crippen molar-refractivity contribution in [3.63, 3.8) is 0 Å². The number of aromatic hydroxyl groups is 1. The summed E-state index contributed by atoms with van der Waals surface area (Å²) in [5, 5.41) is 19.4. The van der Waals surface area contributed by atoms with Gasteiger partial charge in [0.1, 0.15) is 5.82 Å². The molecule has 30 heavy (non-hydrogen) atoms. The van der Waals surface area contributed by atoms with E-state index in [2.05, 4.69) is 0 Å². The molecule has 0 amide bonds. The highest BCUT2D eigenvalue weighted by Gasteiger charge is 2.32. The van der Waals surface area contributed by atoms with Crippen molar-refractivity contribution in [1.29, 1.82) is 0 Å². The Balaban J connectivity index is 2.34. The van der Waals surface area contributed by atoms with Gasteiger partial charge >= 0.3 is 5.97 Å². The lowest BCUT2D eigenvalue weighted by Crippen LogP contribution is -2.17. The average molecular weight is 436 g/mol. The third kappa shape index (κ3) is 3.65. The first kappa shape index (κ1) is 21.8. The molecule has 0 saturated carbocycles. The molecule has 2 aromatic carbocycles. The smallest absolute Gasteiger partial charge is 0.311 e. The third-order valence-corrected chi connectivity index (χ3v) is 5.36. The molecule has 0 radical (unpaired) electrons. The number of carboxylic acid groups (broad SMARTS) is 1. The topological polar surface area (TPSA) is 79.5 Å². The monoisotopic (exact) mass is 435 g/mol. The van der Waals surface area contributed by atoms with E-state index >= 15 is 0 Å². The summed E-state index contributed by atoms with van der Waals surface area (Å²) >= 11 is 5.69. The number of aliphatic carboxylic acids is 1. The molecule has 0 saturated heterocycles. The molecule has 0 spiro atoms. The van der Waals surface area contributed by atoms with Gasteiger partial charge in [-0.25, -0.2) is 8.78 Å². The van der Waals surface area contributed by atoms with Gasteiger partial charge in [0.05, 0.1) is 16.5 Å². The van der Waals surface area contributed by atoms with Crippen LogP contribution in [0.3, 0.4) is 0 Å². The van der Waals surface area contributed by atoms with Gasteiger partial charge in [0, 0.05) is 16.6 Å². The van der Waals surface area contributed by atoms with Crippen molar-refractivity contribution in [2.75, 3.05) is 0 Å². The van der Waals surface area contributed by atoms with Crippen LogP contribution in [0.4, 0.5) is 8.78 Å². The van der Waals surface area contributed by atoms with Crippen LogP contribution in [0.5, 0.6) is 5.75 Å². The molecule has 1 heterocycles. The lowest BCUT2D eigenvalue weighted by Gasteiger charge is -2.16. The van der Waals surface area contributed by atoms with Gasteiger partial charge in [-0.2, -0.15) is 0 Å². The Labute approximate surface area is 176 Å². The van der Waals surface area contributed by atoms with E-state index in [4.69, 9.17) is 11.6 Å². The molecule has 8 heteroatoms. The molecule has 3 rings (SSSR count). The Morgan fingerprint density at radius 3 is 2.40 bits per heavy atom. The number of hydrogen-bond donors (Lipinski definition) is 2. The number of carbonyl (C=O) groups excluding carboxylic acids is 1. The van der Waals surface area contributed by atoms with E-state index in [0.29, 0.717) is 0 Å². The minimum atomic E-state index is -1.17. The minimum absolute atomic E-state index is 0.0228. The van der Waals surface area contributed by atoms with Gasteiger partial charge < -0.3 is 10.2 Å². The normalized spacial score (nSPS) is 12.5. The molecule has 0 unspecified atom stereocenters. The maximum atomic E-state index is 15.0. The van der Waals surface area contributed by atoms with Crippen molar-refractivity contribution in [2.45, 2.75) is 33.1 Å². The fourth-order valence-electron chi connectivity index (χ4n) is 3.74. The molecule has 158 valence electrons. The van der Waals surface area contributed by atoms with Gasteiger partial charge in [0.25, 0.3) is 5.91 Å². The van der Waals surface area contributed by atoms with E-state index in [9.17, 15) is 28.6 Å². The first-order chi connectivity index (χ1) is 14.0. The first-order valence-electron chi connectivity index (χ1n) is 9.29. The molecule has 0 bridgehead atoms. The number of rotatable bonds is 5. The lowest BCUT2D eigenvalue weighted by molar-refractivity contribution is -0.139. The minimum Gasteiger partial charge on any atom is -0.505 e. The molecular weight excluding hydrogens is 416 g/mol. The Morgan fingerprint density at radius 1 is 1.17 bits per heavy atom. The number of nitrogens with zero attached hydrogens (tertiary/aromatic N) is 1. The molecule has 1 aromatic heterocycles. The molecule has 3 aromatic rings. The Hall–Kier alpha value is -2.93. The van der Waals surface area contributed by atoms with Crippen molar-refractivity contribution in [3.8, 4) is 5.75 Å². The van der Waals surface area contributed by atoms with Crippen LogP contribution >= 0.6 is 11.6 Å². The van der Waals surface area contributed by atoms with Crippen molar-refractivity contribution < 1.29 is 28.6 Å². The molecule has 0 aliphatic rings. The van der Waals surface area contributed by atoms with Gasteiger partial charge in [-0.1, -0.05) is 25.4 Å². The second kappa shape index (κ2) is 8.07. The zero-order valence-electron chi connectivity index (χ0n) is 16.5. The largest absolute Gasteiger partial charge is 0.505 e. The van der Waals surface area contributed by atoms with Crippen LogP contribution in [-0.4, -0.2) is 26.7 Å². The highest BCUT2D eigenvalue weighted by molar-refractivity contribution is 6.30. The van der Waals surface area contributed by atoms with E-state index < -0.39 is 35.2 Å². The number of benzene rings is 2. The summed E-state index contributed by atoms with van der Waals surface area (Å²) in [6.45, 7) is 5.17. The molecule has 1 atom stereocenters. The fraction of sp³-hybridized carbons (Fsp3) is 0.273. The molecule has 0 fully saturated rings.